The van der Waals surface area contributed by atoms with Crippen molar-refractivity contribution in [2.75, 3.05) is 25.1 Å². The lowest BCUT2D eigenvalue weighted by Crippen LogP contribution is -2.19. The summed E-state index contributed by atoms with van der Waals surface area (Å²) in [5.74, 6) is 0.846. The van der Waals surface area contributed by atoms with Gasteiger partial charge in [0.25, 0.3) is 0 Å². The van der Waals surface area contributed by atoms with Crippen LogP contribution in [0.25, 0.3) is 4.85 Å². The molecule has 0 saturated carbocycles. The highest BCUT2D eigenvalue weighted by Crippen LogP contribution is 2.17. The molecule has 0 aliphatic carbocycles. The summed E-state index contributed by atoms with van der Waals surface area (Å²) in [6.07, 6.45) is 3.73. The number of rotatable bonds is 8. The van der Waals surface area contributed by atoms with Crippen molar-refractivity contribution in [1.82, 2.24) is 4.98 Å². The summed E-state index contributed by atoms with van der Waals surface area (Å²) >= 11 is 0. The van der Waals surface area contributed by atoms with Crippen LogP contribution in [0.3, 0.4) is 0 Å². The number of unbranched alkanes of at least 4 members (excludes halogenated alkanes) is 1. The third-order valence-corrected chi connectivity index (χ3v) is 3.39. The second-order valence-corrected chi connectivity index (χ2v) is 5.15. The molecule has 2 rings (SSSR count). The molecule has 0 fully saturated rings. The maximum atomic E-state index is 7.03. The van der Waals surface area contributed by atoms with Crippen molar-refractivity contribution in [3.05, 3.63) is 65.6 Å². The van der Waals surface area contributed by atoms with Crippen LogP contribution in [-0.2, 0) is 11.3 Å². The zero-order chi connectivity index (χ0) is 15.6. The monoisotopic (exact) mass is 295 g/mol. The van der Waals surface area contributed by atoms with Gasteiger partial charge in [0, 0.05) is 26.4 Å². The number of nitrogens with zero attached hydrogens (tertiary/aromatic N) is 3. The molecule has 0 spiro atoms. The Hall–Kier alpha value is -2.38. The highest BCUT2D eigenvalue weighted by Gasteiger charge is 2.03. The Labute approximate surface area is 132 Å². The number of hydrogen-bond donors (Lipinski definition) is 0. The highest BCUT2D eigenvalue weighted by molar-refractivity contribution is 5.53. The van der Waals surface area contributed by atoms with Gasteiger partial charge in [-0.1, -0.05) is 30.3 Å². The lowest BCUT2D eigenvalue weighted by Gasteiger charge is -2.18. The van der Waals surface area contributed by atoms with Crippen molar-refractivity contribution in [1.29, 1.82) is 0 Å². The largest absolute Gasteiger partial charge is 0.377 e. The molecule has 22 heavy (non-hydrogen) atoms. The Kier molecular flexibility index (Phi) is 6.40. The first kappa shape index (κ1) is 16.0. The van der Waals surface area contributed by atoms with Gasteiger partial charge in [-0.05, 0) is 30.5 Å². The van der Waals surface area contributed by atoms with Crippen molar-refractivity contribution in [3.63, 3.8) is 0 Å². The molecule has 1 aromatic carbocycles. The molecule has 0 aliphatic heterocycles. The van der Waals surface area contributed by atoms with Gasteiger partial charge in [-0.25, -0.2) is 9.83 Å². The molecule has 1 heterocycles. The minimum absolute atomic E-state index is 0.628. The normalized spacial score (nSPS) is 10.2. The fourth-order valence-corrected chi connectivity index (χ4v) is 2.12. The van der Waals surface area contributed by atoms with Crippen LogP contribution in [0.5, 0.6) is 0 Å². The van der Waals surface area contributed by atoms with E-state index >= 15 is 0 Å². The van der Waals surface area contributed by atoms with E-state index in [-0.39, 0.29) is 0 Å². The Morgan fingerprint density at radius 3 is 2.77 bits per heavy atom. The number of benzene rings is 1. The number of ether oxygens (including phenoxy) is 1. The smallest absolute Gasteiger partial charge is 0.192 e. The van der Waals surface area contributed by atoms with Crippen LogP contribution in [-0.4, -0.2) is 25.2 Å². The quantitative estimate of drug-likeness (QED) is 0.543. The van der Waals surface area contributed by atoms with Gasteiger partial charge in [0.05, 0.1) is 13.2 Å². The van der Waals surface area contributed by atoms with E-state index < -0.39 is 0 Å². The van der Waals surface area contributed by atoms with Gasteiger partial charge >= 0.3 is 0 Å². The standard InChI is InChI=1S/C18H21N3O/c1-19-17-10-11-20-18(14-17)21(2)12-6-7-13-22-15-16-8-4-3-5-9-16/h3-5,8-11,14H,6-7,12-13,15H2,2H3. The molecular weight excluding hydrogens is 274 g/mol. The van der Waals surface area contributed by atoms with Gasteiger partial charge in [0.1, 0.15) is 5.82 Å². The van der Waals surface area contributed by atoms with Crippen LogP contribution in [0, 0.1) is 6.57 Å². The molecule has 0 aliphatic rings. The third-order valence-electron chi connectivity index (χ3n) is 3.39. The first-order valence-electron chi connectivity index (χ1n) is 7.46. The van der Waals surface area contributed by atoms with Crippen LogP contribution in [0.4, 0.5) is 11.5 Å². The zero-order valence-corrected chi connectivity index (χ0v) is 12.9. The van der Waals surface area contributed by atoms with E-state index in [9.17, 15) is 0 Å². The summed E-state index contributed by atoms with van der Waals surface area (Å²) in [5, 5.41) is 0. The van der Waals surface area contributed by atoms with Gasteiger partial charge in [-0.15, -0.1) is 0 Å². The fraction of sp³-hybridized carbons (Fsp3) is 0.333. The zero-order valence-electron chi connectivity index (χ0n) is 12.9. The first-order valence-corrected chi connectivity index (χ1v) is 7.46. The van der Waals surface area contributed by atoms with E-state index in [2.05, 4.69) is 26.9 Å². The summed E-state index contributed by atoms with van der Waals surface area (Å²) in [5.41, 5.74) is 1.84. The molecule has 0 bridgehead atoms. The molecule has 0 saturated heterocycles. The van der Waals surface area contributed by atoms with Gasteiger partial charge in [0.2, 0.25) is 0 Å². The van der Waals surface area contributed by atoms with Gasteiger partial charge in [-0.3, -0.25) is 0 Å². The number of pyridine rings is 1. The van der Waals surface area contributed by atoms with Crippen LogP contribution >= 0.6 is 0 Å². The molecule has 1 aromatic heterocycles. The lowest BCUT2D eigenvalue weighted by molar-refractivity contribution is 0.117. The summed E-state index contributed by atoms with van der Waals surface area (Å²) in [7, 11) is 2.00. The Morgan fingerprint density at radius 1 is 1.18 bits per heavy atom. The summed E-state index contributed by atoms with van der Waals surface area (Å²) < 4.78 is 5.67. The van der Waals surface area contributed by atoms with Crippen molar-refractivity contribution < 1.29 is 4.74 Å². The second-order valence-electron chi connectivity index (χ2n) is 5.15. The van der Waals surface area contributed by atoms with Crippen LogP contribution < -0.4 is 4.90 Å². The average Bonchev–Trinajstić information content (AvgIpc) is 2.58. The lowest BCUT2D eigenvalue weighted by atomic mass is 10.2. The maximum Gasteiger partial charge on any atom is 0.192 e. The van der Waals surface area contributed by atoms with Crippen molar-refractivity contribution in [3.8, 4) is 0 Å². The summed E-state index contributed by atoms with van der Waals surface area (Å²) in [6.45, 7) is 9.37. The Morgan fingerprint density at radius 2 is 2.00 bits per heavy atom. The van der Waals surface area contributed by atoms with Crippen molar-refractivity contribution in [2.24, 2.45) is 0 Å². The van der Waals surface area contributed by atoms with Crippen LogP contribution in [0.2, 0.25) is 0 Å². The molecule has 0 radical (unpaired) electrons. The molecule has 0 atom stereocenters. The molecule has 0 N–H and O–H groups in total. The average molecular weight is 295 g/mol. The second kappa shape index (κ2) is 8.81. The first-order chi connectivity index (χ1) is 10.8. The van der Waals surface area contributed by atoms with E-state index in [1.807, 2.05) is 31.3 Å². The minimum atomic E-state index is 0.628. The summed E-state index contributed by atoms with van der Waals surface area (Å²) in [6, 6.07) is 13.8. The minimum Gasteiger partial charge on any atom is -0.377 e. The van der Waals surface area contributed by atoms with Gasteiger partial charge < -0.3 is 9.64 Å². The van der Waals surface area contributed by atoms with E-state index in [4.69, 9.17) is 11.3 Å². The molecular formula is C18H21N3O. The van der Waals surface area contributed by atoms with E-state index in [0.29, 0.717) is 12.3 Å². The molecule has 4 nitrogen and oxygen atoms in total. The van der Waals surface area contributed by atoms with Crippen molar-refractivity contribution in [2.45, 2.75) is 19.4 Å². The van der Waals surface area contributed by atoms with E-state index in [1.54, 1.807) is 12.3 Å². The topological polar surface area (TPSA) is 29.7 Å². The third kappa shape index (κ3) is 5.19. The molecule has 4 heteroatoms. The van der Waals surface area contributed by atoms with E-state index in [0.717, 1.165) is 31.8 Å². The number of aromatic nitrogens is 1. The molecule has 2 aromatic rings. The van der Waals surface area contributed by atoms with Crippen LogP contribution in [0.15, 0.2) is 48.7 Å². The number of hydrogen-bond acceptors (Lipinski definition) is 3. The highest BCUT2D eigenvalue weighted by atomic mass is 16.5. The van der Waals surface area contributed by atoms with Crippen molar-refractivity contribution >= 4 is 11.5 Å². The summed E-state index contributed by atoms with van der Waals surface area (Å²) in [4.78, 5) is 9.80. The van der Waals surface area contributed by atoms with Gasteiger partial charge in [0.15, 0.2) is 5.69 Å². The fourth-order valence-electron chi connectivity index (χ4n) is 2.12. The predicted molar refractivity (Wildman–Crippen MR) is 89.1 cm³/mol. The molecule has 114 valence electrons. The Balaban J connectivity index is 1.63. The van der Waals surface area contributed by atoms with E-state index in [1.165, 1.54) is 5.56 Å². The molecule has 0 amide bonds. The predicted octanol–water partition coefficient (Wildman–Crippen LogP) is 4.07. The SMILES string of the molecule is [C-]#[N+]c1ccnc(N(C)CCCCOCc2ccccc2)c1. The molecule has 0 unspecified atom stereocenters. The maximum absolute atomic E-state index is 7.03. The van der Waals surface area contributed by atoms with Crippen LogP contribution in [0.1, 0.15) is 18.4 Å². The number of anilines is 1. The van der Waals surface area contributed by atoms with Gasteiger partial charge in [-0.2, -0.15) is 0 Å². The Bertz CT molecular complexity index is 607.